The van der Waals surface area contributed by atoms with Gasteiger partial charge in [-0.15, -0.1) is 0 Å². The maximum atomic E-state index is 13.5. The first-order valence-electron chi connectivity index (χ1n) is 7.06. The highest BCUT2D eigenvalue weighted by Crippen LogP contribution is 2.59. The molecule has 0 saturated heterocycles. The van der Waals surface area contributed by atoms with E-state index in [2.05, 4.69) is 5.32 Å². The molecule has 5 nitrogen and oxygen atoms in total. The monoisotopic (exact) mass is 333 g/mol. The Kier molecular flexibility index (Phi) is 5.00. The molecule has 1 aromatic rings. The molecule has 1 aliphatic carbocycles. The van der Waals surface area contributed by atoms with Crippen LogP contribution in [0, 0.1) is 0 Å². The molecular weight excluding hydrogens is 315 g/mol. The standard InChI is InChI=1S/C14H18F2NO4P/c15-14(16,22(19,20)21)11-8-6-10(7-9-11)13(18)17-12-4-2-1-3-5-12/h6-9,12H,1-5H2,(H,17,18)(H2,19,20,21). The van der Waals surface area contributed by atoms with Crippen LogP contribution in [-0.4, -0.2) is 21.7 Å². The van der Waals surface area contributed by atoms with E-state index >= 15 is 0 Å². The number of hydrogen-bond donors (Lipinski definition) is 3. The quantitative estimate of drug-likeness (QED) is 0.739. The van der Waals surface area contributed by atoms with Crippen LogP contribution < -0.4 is 5.32 Å². The van der Waals surface area contributed by atoms with Crippen LogP contribution in [0.3, 0.4) is 0 Å². The van der Waals surface area contributed by atoms with Crippen LogP contribution in [-0.2, 0) is 10.2 Å². The Morgan fingerprint density at radius 1 is 1.14 bits per heavy atom. The van der Waals surface area contributed by atoms with Gasteiger partial charge in [0.2, 0.25) is 0 Å². The number of benzene rings is 1. The molecule has 0 heterocycles. The summed E-state index contributed by atoms with van der Waals surface area (Å²) in [6.07, 6.45) is 5.06. The Balaban J connectivity index is 2.08. The van der Waals surface area contributed by atoms with Crippen molar-refractivity contribution in [2.75, 3.05) is 0 Å². The third-order valence-corrected chi connectivity index (χ3v) is 4.79. The van der Waals surface area contributed by atoms with E-state index in [0.717, 1.165) is 56.4 Å². The van der Waals surface area contributed by atoms with E-state index in [9.17, 15) is 18.1 Å². The molecule has 1 amide bonds. The molecule has 2 rings (SSSR count). The Morgan fingerprint density at radius 3 is 2.18 bits per heavy atom. The summed E-state index contributed by atoms with van der Waals surface area (Å²) in [7, 11) is -5.59. The van der Waals surface area contributed by atoms with Gasteiger partial charge in [0.05, 0.1) is 0 Å². The van der Waals surface area contributed by atoms with Gasteiger partial charge in [0.15, 0.2) is 0 Å². The number of carbonyl (C=O) groups excluding carboxylic acids is 1. The lowest BCUT2D eigenvalue weighted by Crippen LogP contribution is -2.36. The van der Waals surface area contributed by atoms with E-state index in [1.54, 1.807) is 0 Å². The predicted octanol–water partition coefficient (Wildman–Crippen LogP) is 2.98. The highest BCUT2D eigenvalue weighted by Gasteiger charge is 2.50. The van der Waals surface area contributed by atoms with Crippen molar-refractivity contribution in [1.29, 1.82) is 0 Å². The summed E-state index contributed by atoms with van der Waals surface area (Å²) in [6, 6.07) is 4.13. The fourth-order valence-corrected chi connectivity index (χ4v) is 2.99. The highest BCUT2D eigenvalue weighted by atomic mass is 31.2. The third-order valence-electron chi connectivity index (χ3n) is 3.80. The average molecular weight is 333 g/mol. The van der Waals surface area contributed by atoms with E-state index in [1.165, 1.54) is 0 Å². The highest BCUT2D eigenvalue weighted by molar-refractivity contribution is 7.52. The maximum absolute atomic E-state index is 13.5. The Bertz CT molecular complexity index is 579. The van der Waals surface area contributed by atoms with Crippen LogP contribution in [0.15, 0.2) is 24.3 Å². The third kappa shape index (κ3) is 3.72. The molecule has 1 aromatic carbocycles. The molecule has 1 fully saturated rings. The zero-order chi connectivity index (χ0) is 16.4. The minimum absolute atomic E-state index is 0.0949. The molecule has 1 saturated carbocycles. The smallest absolute Gasteiger partial charge is 0.349 e. The topological polar surface area (TPSA) is 86.6 Å². The van der Waals surface area contributed by atoms with Crippen LogP contribution in [0.2, 0.25) is 0 Å². The van der Waals surface area contributed by atoms with Gasteiger partial charge in [-0.1, -0.05) is 31.4 Å². The number of carbonyl (C=O) groups is 1. The zero-order valence-corrected chi connectivity index (χ0v) is 12.7. The van der Waals surface area contributed by atoms with Crippen molar-refractivity contribution in [1.82, 2.24) is 5.32 Å². The van der Waals surface area contributed by atoms with Gasteiger partial charge < -0.3 is 15.1 Å². The second-order valence-electron chi connectivity index (χ2n) is 5.47. The minimum atomic E-state index is -5.59. The van der Waals surface area contributed by atoms with Crippen molar-refractivity contribution in [3.63, 3.8) is 0 Å². The van der Waals surface area contributed by atoms with Crippen LogP contribution in [0.1, 0.15) is 48.0 Å². The number of nitrogens with one attached hydrogen (secondary N) is 1. The Labute approximate surface area is 126 Å². The second kappa shape index (κ2) is 6.44. The largest absolute Gasteiger partial charge is 0.399 e. The van der Waals surface area contributed by atoms with Gasteiger partial charge in [-0.3, -0.25) is 9.36 Å². The molecule has 0 aromatic heterocycles. The summed E-state index contributed by atoms with van der Waals surface area (Å²) in [5.41, 5.74) is -4.88. The Morgan fingerprint density at radius 2 is 1.68 bits per heavy atom. The normalized spacial score (nSPS) is 17.3. The van der Waals surface area contributed by atoms with Gasteiger partial charge >= 0.3 is 13.3 Å². The van der Waals surface area contributed by atoms with Crippen molar-refractivity contribution in [3.05, 3.63) is 35.4 Å². The van der Waals surface area contributed by atoms with E-state index < -0.39 is 18.8 Å². The van der Waals surface area contributed by atoms with Gasteiger partial charge in [-0.2, -0.15) is 8.78 Å². The van der Waals surface area contributed by atoms with Gasteiger partial charge in [0, 0.05) is 17.2 Å². The first-order valence-corrected chi connectivity index (χ1v) is 8.68. The van der Waals surface area contributed by atoms with Crippen molar-refractivity contribution < 1.29 is 27.9 Å². The summed E-state index contributed by atoms with van der Waals surface area (Å²) in [6.45, 7) is 0. The first-order chi connectivity index (χ1) is 10.2. The Hall–Kier alpha value is -1.30. The minimum Gasteiger partial charge on any atom is -0.349 e. The summed E-state index contributed by atoms with van der Waals surface area (Å²) >= 11 is 0. The van der Waals surface area contributed by atoms with Crippen molar-refractivity contribution in [2.45, 2.75) is 43.8 Å². The average Bonchev–Trinajstić information content (AvgIpc) is 2.47. The van der Waals surface area contributed by atoms with Crippen molar-refractivity contribution in [2.24, 2.45) is 0 Å². The summed E-state index contributed by atoms with van der Waals surface area (Å²) in [5, 5.41) is 2.84. The number of hydrogen-bond acceptors (Lipinski definition) is 2. The molecule has 3 N–H and O–H groups in total. The van der Waals surface area contributed by atoms with Crippen LogP contribution in [0.4, 0.5) is 8.78 Å². The fraction of sp³-hybridized carbons (Fsp3) is 0.500. The number of rotatable bonds is 4. The summed E-state index contributed by atoms with van der Waals surface area (Å²) in [4.78, 5) is 29.4. The van der Waals surface area contributed by atoms with E-state index in [1.807, 2.05) is 0 Å². The molecule has 0 aliphatic heterocycles. The van der Waals surface area contributed by atoms with Gasteiger partial charge in [0.25, 0.3) is 5.91 Å². The molecule has 1 aliphatic rings. The van der Waals surface area contributed by atoms with Crippen molar-refractivity contribution >= 4 is 13.5 Å². The first kappa shape index (κ1) is 17.1. The molecule has 122 valence electrons. The molecule has 0 unspecified atom stereocenters. The van der Waals surface area contributed by atoms with E-state index in [0.29, 0.717) is 0 Å². The molecule has 0 atom stereocenters. The lowest BCUT2D eigenvalue weighted by Gasteiger charge is -2.23. The molecule has 22 heavy (non-hydrogen) atoms. The van der Waals surface area contributed by atoms with Gasteiger partial charge in [-0.25, -0.2) is 0 Å². The molecular formula is C14H18F2NO4P. The van der Waals surface area contributed by atoms with Crippen molar-refractivity contribution in [3.8, 4) is 0 Å². The summed E-state index contributed by atoms with van der Waals surface area (Å²) < 4.78 is 37.8. The predicted molar refractivity (Wildman–Crippen MR) is 76.7 cm³/mol. The number of halogens is 2. The van der Waals surface area contributed by atoms with E-state index in [4.69, 9.17) is 9.79 Å². The maximum Gasteiger partial charge on any atom is 0.399 e. The van der Waals surface area contributed by atoms with Crippen LogP contribution in [0.5, 0.6) is 0 Å². The molecule has 0 spiro atoms. The summed E-state index contributed by atoms with van der Waals surface area (Å²) in [5.74, 6) is -0.363. The van der Waals surface area contributed by atoms with E-state index in [-0.39, 0.29) is 17.5 Å². The lowest BCUT2D eigenvalue weighted by molar-refractivity contribution is 0.0564. The number of alkyl halides is 2. The van der Waals surface area contributed by atoms with Gasteiger partial charge in [-0.05, 0) is 25.0 Å². The fourth-order valence-electron chi connectivity index (χ4n) is 2.51. The molecule has 0 radical (unpaired) electrons. The van der Waals surface area contributed by atoms with Gasteiger partial charge in [0.1, 0.15) is 0 Å². The molecule has 8 heteroatoms. The lowest BCUT2D eigenvalue weighted by atomic mass is 9.95. The SMILES string of the molecule is O=C(NC1CCCCC1)c1ccc(C(F)(F)P(=O)(O)O)cc1. The number of amides is 1. The van der Waals surface area contributed by atoms with Crippen LogP contribution in [0.25, 0.3) is 0 Å². The zero-order valence-electron chi connectivity index (χ0n) is 11.8. The van der Waals surface area contributed by atoms with Crippen LogP contribution >= 0.6 is 7.60 Å². The molecule has 0 bridgehead atoms. The second-order valence-corrected chi connectivity index (χ2v) is 7.12.